The van der Waals surface area contributed by atoms with Crippen LogP contribution in [0.3, 0.4) is 0 Å². The molecule has 12 rings (SSSR count). The molecule has 1 unspecified atom stereocenters. The highest BCUT2D eigenvalue weighted by atomic mass is 15.2. The first-order chi connectivity index (χ1) is 31.5. The van der Waals surface area contributed by atoms with Gasteiger partial charge in [-0.15, -0.1) is 0 Å². The Balaban J connectivity index is 1.32. The molecular formula is C64H69BN2. The number of rotatable bonds is 3. The number of anilines is 6. The van der Waals surface area contributed by atoms with E-state index in [1.54, 1.807) is 0 Å². The summed E-state index contributed by atoms with van der Waals surface area (Å²) in [5.74, 6) is 0.316. The van der Waals surface area contributed by atoms with Crippen LogP contribution in [0, 0.1) is 0 Å². The molecule has 2 nitrogen and oxygen atoms in total. The first kappa shape index (κ1) is 43.8. The van der Waals surface area contributed by atoms with Crippen molar-refractivity contribution in [3.8, 4) is 22.3 Å². The Labute approximate surface area is 402 Å². The quantitative estimate of drug-likeness (QED) is 0.163. The summed E-state index contributed by atoms with van der Waals surface area (Å²) >= 11 is 0. The van der Waals surface area contributed by atoms with Gasteiger partial charge in [-0.05, 0) is 167 Å². The van der Waals surface area contributed by atoms with Crippen LogP contribution in [-0.4, -0.2) is 6.71 Å². The molecule has 1 aliphatic carbocycles. The maximum Gasteiger partial charge on any atom is 0.252 e. The second-order valence-corrected chi connectivity index (χ2v) is 24.8. The predicted molar refractivity (Wildman–Crippen MR) is 290 cm³/mol. The lowest BCUT2D eigenvalue weighted by atomic mass is 9.32. The third-order valence-corrected chi connectivity index (χ3v) is 16.4. The molecule has 4 bridgehead atoms. The van der Waals surface area contributed by atoms with Gasteiger partial charge in [-0.25, -0.2) is 0 Å². The Morgan fingerprint density at radius 2 is 1.06 bits per heavy atom. The molecule has 0 saturated heterocycles. The number of hydrogen-bond acceptors (Lipinski definition) is 2. The molecule has 3 heteroatoms. The van der Waals surface area contributed by atoms with Crippen LogP contribution in [0.25, 0.3) is 22.3 Å². The van der Waals surface area contributed by atoms with Crippen molar-refractivity contribution < 1.29 is 0 Å². The van der Waals surface area contributed by atoms with Crippen LogP contribution in [0.2, 0.25) is 0 Å². The number of nitrogens with zero attached hydrogens (tertiary/aromatic N) is 2. The van der Waals surface area contributed by atoms with Gasteiger partial charge in [0.1, 0.15) is 0 Å². The molecule has 4 heterocycles. The lowest BCUT2D eigenvalue weighted by Crippen LogP contribution is -2.62. The van der Waals surface area contributed by atoms with E-state index in [-0.39, 0.29) is 33.8 Å². The summed E-state index contributed by atoms with van der Waals surface area (Å²) in [6, 6.07) is 53.5. The van der Waals surface area contributed by atoms with Crippen LogP contribution in [0.15, 0.2) is 133 Å². The minimum Gasteiger partial charge on any atom is -0.311 e. The highest BCUT2D eigenvalue weighted by Crippen LogP contribution is 2.56. The first-order valence-electron chi connectivity index (χ1n) is 25.1. The van der Waals surface area contributed by atoms with Crippen LogP contribution >= 0.6 is 0 Å². The molecule has 0 amide bonds. The van der Waals surface area contributed by atoms with E-state index in [4.69, 9.17) is 0 Å². The third-order valence-electron chi connectivity index (χ3n) is 16.4. The molecule has 1 atom stereocenters. The average molecular weight is 877 g/mol. The van der Waals surface area contributed by atoms with Gasteiger partial charge < -0.3 is 9.80 Å². The highest BCUT2D eigenvalue weighted by Gasteiger charge is 2.49. The Hall–Kier alpha value is -5.80. The Morgan fingerprint density at radius 1 is 0.463 bits per heavy atom. The van der Waals surface area contributed by atoms with Gasteiger partial charge in [0.15, 0.2) is 0 Å². The average Bonchev–Trinajstić information content (AvgIpc) is 3.30. The summed E-state index contributed by atoms with van der Waals surface area (Å²) in [6.45, 7) is 33.4. The van der Waals surface area contributed by atoms with Crippen molar-refractivity contribution in [1.29, 1.82) is 0 Å². The van der Waals surface area contributed by atoms with Crippen LogP contribution in [0.1, 0.15) is 155 Å². The molecule has 7 aromatic carbocycles. The second kappa shape index (κ2) is 14.6. The molecule has 7 aromatic rings. The minimum absolute atomic E-state index is 0.0164. The van der Waals surface area contributed by atoms with Crippen molar-refractivity contribution in [1.82, 2.24) is 0 Å². The molecule has 0 aromatic heterocycles. The number of benzene rings is 7. The summed E-state index contributed by atoms with van der Waals surface area (Å²) in [4.78, 5) is 5.33. The Bertz CT molecular complexity index is 3150. The highest BCUT2D eigenvalue weighted by molar-refractivity contribution is 7.00. The Morgan fingerprint density at radius 3 is 1.70 bits per heavy atom. The fourth-order valence-corrected chi connectivity index (χ4v) is 12.1. The van der Waals surface area contributed by atoms with Gasteiger partial charge in [0.05, 0.1) is 5.69 Å². The largest absolute Gasteiger partial charge is 0.311 e. The molecule has 0 radical (unpaired) electrons. The van der Waals surface area contributed by atoms with E-state index in [1.165, 1.54) is 112 Å². The summed E-state index contributed by atoms with van der Waals surface area (Å²) in [5.41, 5.74) is 26.5. The van der Waals surface area contributed by atoms with Gasteiger partial charge >= 0.3 is 0 Å². The van der Waals surface area contributed by atoms with E-state index in [1.807, 2.05) is 0 Å². The zero-order valence-electron chi connectivity index (χ0n) is 42.7. The topological polar surface area (TPSA) is 6.48 Å². The van der Waals surface area contributed by atoms with Crippen molar-refractivity contribution in [2.45, 2.75) is 143 Å². The van der Waals surface area contributed by atoms with E-state index >= 15 is 0 Å². The van der Waals surface area contributed by atoms with Gasteiger partial charge in [0, 0.05) is 39.4 Å². The van der Waals surface area contributed by atoms with Crippen LogP contribution in [-0.2, 0) is 27.1 Å². The molecule has 5 aliphatic rings. The van der Waals surface area contributed by atoms with E-state index in [0.717, 1.165) is 12.8 Å². The standard InChI is InChI=1S/C64H69BN2/c1-39(2)42-33-57-59-58(34-42)67-54-28-23-44(61(6,7)8)35-48(54)41-20-27-49(47(32-41)40-18-16-15-17-19-40)64(14)31-30-63(12,13)50-37-53(56(67)38-51(50)64)65(59)52-36-45(62(9,10)11)24-29-55(52)66(57)46-25-21-43(22-26-46)60(3,4)5/h15-29,32-39H,30-31H2,1-14H3. The van der Waals surface area contributed by atoms with Crippen molar-refractivity contribution in [3.05, 3.63) is 172 Å². The maximum absolute atomic E-state index is 2.72. The molecule has 4 aliphatic heterocycles. The van der Waals surface area contributed by atoms with Gasteiger partial charge in [0.25, 0.3) is 6.71 Å². The van der Waals surface area contributed by atoms with Crippen LogP contribution < -0.4 is 26.2 Å². The van der Waals surface area contributed by atoms with Gasteiger partial charge in [0.2, 0.25) is 0 Å². The van der Waals surface area contributed by atoms with Crippen molar-refractivity contribution >= 4 is 57.2 Å². The lowest BCUT2D eigenvalue weighted by Gasteiger charge is -2.48. The monoisotopic (exact) mass is 877 g/mol. The molecule has 0 N–H and O–H groups in total. The van der Waals surface area contributed by atoms with Crippen LogP contribution in [0.4, 0.5) is 34.1 Å². The van der Waals surface area contributed by atoms with E-state index < -0.39 is 0 Å². The van der Waals surface area contributed by atoms with Crippen molar-refractivity contribution in [3.63, 3.8) is 0 Å². The van der Waals surface area contributed by atoms with Gasteiger partial charge in [-0.1, -0.05) is 176 Å². The summed E-state index contributed by atoms with van der Waals surface area (Å²) < 4.78 is 0. The first-order valence-corrected chi connectivity index (χ1v) is 25.1. The summed E-state index contributed by atoms with van der Waals surface area (Å²) in [6.07, 6.45) is 2.19. The zero-order valence-corrected chi connectivity index (χ0v) is 42.7. The van der Waals surface area contributed by atoms with Gasteiger partial charge in [-0.3, -0.25) is 0 Å². The normalized spacial score (nSPS) is 17.8. The molecule has 0 fully saturated rings. The van der Waals surface area contributed by atoms with E-state index in [9.17, 15) is 0 Å². The summed E-state index contributed by atoms with van der Waals surface area (Å²) in [5, 5.41) is 0. The molecule has 338 valence electrons. The zero-order chi connectivity index (χ0) is 47.3. The lowest BCUT2D eigenvalue weighted by molar-refractivity contribution is 0.350. The maximum atomic E-state index is 2.72. The smallest absolute Gasteiger partial charge is 0.252 e. The third kappa shape index (κ3) is 6.72. The fourth-order valence-electron chi connectivity index (χ4n) is 12.1. The minimum atomic E-state index is -0.215. The fraction of sp³-hybridized carbons (Fsp3) is 0.344. The molecular weight excluding hydrogens is 808 g/mol. The Kier molecular flexibility index (Phi) is 9.54. The van der Waals surface area contributed by atoms with Crippen molar-refractivity contribution in [2.75, 3.05) is 9.80 Å². The van der Waals surface area contributed by atoms with Crippen LogP contribution in [0.5, 0.6) is 0 Å². The molecule has 67 heavy (non-hydrogen) atoms. The van der Waals surface area contributed by atoms with E-state index in [0.29, 0.717) is 5.92 Å². The number of hydrogen-bond donors (Lipinski definition) is 0. The second-order valence-electron chi connectivity index (χ2n) is 24.8. The predicted octanol–water partition coefficient (Wildman–Crippen LogP) is 15.8. The van der Waals surface area contributed by atoms with E-state index in [2.05, 4.69) is 240 Å². The number of fused-ring (bicyclic) bond motifs is 5. The summed E-state index contributed by atoms with van der Waals surface area (Å²) in [7, 11) is 0. The molecule has 0 spiro atoms. The van der Waals surface area contributed by atoms with Gasteiger partial charge in [-0.2, -0.15) is 0 Å². The molecule has 0 saturated carbocycles. The SMILES string of the molecule is CC(C)c1cc2c3c(c1)N1c4cc5c(cc4B3c3cc(C(C)(C)C)ccc3N2c2ccc(C(C)(C)C)cc2)C(C)(C)CCC5(C)c2ccc(cc2-c2ccccc2)-c2cc(C(C)(C)C)ccc21. The van der Waals surface area contributed by atoms with Crippen molar-refractivity contribution in [2.24, 2.45) is 0 Å².